The Hall–Kier alpha value is -1.06. The molecule has 4 nitrogen and oxygen atoms in total. The molecule has 0 atom stereocenters. The van der Waals surface area contributed by atoms with Crippen LogP contribution in [0.15, 0.2) is 0 Å². The lowest BCUT2D eigenvalue weighted by molar-refractivity contribution is -0.146. The molecule has 0 aromatic carbocycles. The summed E-state index contributed by atoms with van der Waals surface area (Å²) in [7, 11) is 2.91. The van der Waals surface area contributed by atoms with Crippen molar-refractivity contribution in [2.45, 2.75) is 20.3 Å². The van der Waals surface area contributed by atoms with Crippen LogP contribution in [0.2, 0.25) is 0 Å². The largest absolute Gasteiger partial charge is 0.468 e. The molecule has 0 aromatic heterocycles. The smallest absolute Gasteiger partial charge is 0.325 e. The molecule has 0 aliphatic rings. The maximum Gasteiger partial charge on any atom is 0.325 e. The fourth-order valence-corrected chi connectivity index (χ4v) is 0.851. The van der Waals surface area contributed by atoms with Gasteiger partial charge in [-0.3, -0.25) is 9.59 Å². The highest BCUT2D eigenvalue weighted by Gasteiger charge is 2.13. The zero-order valence-corrected chi connectivity index (χ0v) is 8.66. The Morgan fingerprint density at radius 2 is 1.92 bits per heavy atom. The van der Waals surface area contributed by atoms with E-state index in [1.807, 2.05) is 13.8 Å². The first-order valence-corrected chi connectivity index (χ1v) is 4.28. The molecular weight excluding hydrogens is 170 g/mol. The Morgan fingerprint density at radius 3 is 2.31 bits per heavy atom. The fourth-order valence-electron chi connectivity index (χ4n) is 0.851. The first-order valence-electron chi connectivity index (χ1n) is 4.28. The van der Waals surface area contributed by atoms with Crippen molar-refractivity contribution in [3.63, 3.8) is 0 Å². The molecule has 0 rings (SSSR count). The second kappa shape index (κ2) is 5.56. The SMILES string of the molecule is COC(=O)CN(C)C(=O)CC(C)C. The van der Waals surface area contributed by atoms with Crippen molar-refractivity contribution in [2.24, 2.45) is 5.92 Å². The maximum absolute atomic E-state index is 11.3. The van der Waals surface area contributed by atoms with Crippen LogP contribution in [-0.4, -0.2) is 37.5 Å². The third-order valence-corrected chi connectivity index (χ3v) is 1.60. The van der Waals surface area contributed by atoms with Crippen LogP contribution in [0.3, 0.4) is 0 Å². The van der Waals surface area contributed by atoms with Crippen LogP contribution in [0.1, 0.15) is 20.3 Å². The van der Waals surface area contributed by atoms with E-state index in [9.17, 15) is 9.59 Å². The minimum atomic E-state index is -0.389. The molecule has 0 spiro atoms. The van der Waals surface area contributed by atoms with Crippen LogP contribution >= 0.6 is 0 Å². The molecule has 0 saturated carbocycles. The van der Waals surface area contributed by atoms with E-state index in [0.717, 1.165) is 0 Å². The highest BCUT2D eigenvalue weighted by atomic mass is 16.5. The number of hydrogen-bond donors (Lipinski definition) is 0. The van der Waals surface area contributed by atoms with Gasteiger partial charge in [-0.1, -0.05) is 13.8 Å². The quantitative estimate of drug-likeness (QED) is 0.607. The number of hydrogen-bond acceptors (Lipinski definition) is 3. The summed E-state index contributed by atoms with van der Waals surface area (Å²) >= 11 is 0. The van der Waals surface area contributed by atoms with Crippen LogP contribution < -0.4 is 0 Å². The van der Waals surface area contributed by atoms with Gasteiger partial charge in [0.2, 0.25) is 5.91 Å². The average molecular weight is 187 g/mol. The predicted molar refractivity (Wildman–Crippen MR) is 49.1 cm³/mol. The normalized spacial score (nSPS) is 9.92. The summed E-state index contributed by atoms with van der Waals surface area (Å²) < 4.78 is 4.44. The van der Waals surface area contributed by atoms with Crippen molar-refractivity contribution in [2.75, 3.05) is 20.7 Å². The van der Waals surface area contributed by atoms with Gasteiger partial charge in [0.25, 0.3) is 0 Å². The minimum Gasteiger partial charge on any atom is -0.468 e. The van der Waals surface area contributed by atoms with Crippen molar-refractivity contribution < 1.29 is 14.3 Å². The third-order valence-electron chi connectivity index (χ3n) is 1.60. The van der Waals surface area contributed by atoms with E-state index >= 15 is 0 Å². The topological polar surface area (TPSA) is 46.6 Å². The number of likely N-dealkylation sites (N-methyl/N-ethyl adjacent to an activating group) is 1. The molecule has 0 fully saturated rings. The number of amides is 1. The lowest BCUT2D eigenvalue weighted by Gasteiger charge is -2.16. The van der Waals surface area contributed by atoms with E-state index in [-0.39, 0.29) is 18.4 Å². The van der Waals surface area contributed by atoms with Gasteiger partial charge in [0.1, 0.15) is 6.54 Å². The zero-order chi connectivity index (χ0) is 10.4. The van der Waals surface area contributed by atoms with Gasteiger partial charge in [-0.15, -0.1) is 0 Å². The van der Waals surface area contributed by atoms with Gasteiger partial charge in [0.15, 0.2) is 0 Å². The Balaban J connectivity index is 3.89. The van der Waals surface area contributed by atoms with Crippen molar-refractivity contribution in [1.29, 1.82) is 0 Å². The van der Waals surface area contributed by atoms with E-state index in [2.05, 4.69) is 4.74 Å². The van der Waals surface area contributed by atoms with E-state index in [1.165, 1.54) is 12.0 Å². The van der Waals surface area contributed by atoms with Gasteiger partial charge in [-0.05, 0) is 5.92 Å². The average Bonchev–Trinajstić information content (AvgIpc) is 2.02. The molecule has 1 amide bonds. The van der Waals surface area contributed by atoms with Crippen molar-refractivity contribution >= 4 is 11.9 Å². The van der Waals surface area contributed by atoms with Gasteiger partial charge in [-0.2, -0.15) is 0 Å². The Morgan fingerprint density at radius 1 is 1.38 bits per heavy atom. The van der Waals surface area contributed by atoms with Crippen LogP contribution in [-0.2, 0) is 14.3 Å². The number of rotatable bonds is 4. The molecule has 0 bridgehead atoms. The lowest BCUT2D eigenvalue weighted by atomic mass is 10.1. The second-order valence-electron chi connectivity index (χ2n) is 3.42. The number of nitrogens with zero attached hydrogens (tertiary/aromatic N) is 1. The van der Waals surface area contributed by atoms with Crippen molar-refractivity contribution in [3.05, 3.63) is 0 Å². The standard InChI is InChI=1S/C9H17NO3/c1-7(2)5-8(11)10(3)6-9(12)13-4/h7H,5-6H2,1-4H3. The summed E-state index contributed by atoms with van der Waals surface area (Å²) in [6.07, 6.45) is 0.466. The summed E-state index contributed by atoms with van der Waals surface area (Å²) in [5, 5.41) is 0. The van der Waals surface area contributed by atoms with Gasteiger partial charge >= 0.3 is 5.97 Å². The van der Waals surface area contributed by atoms with E-state index < -0.39 is 0 Å². The molecular formula is C9H17NO3. The van der Waals surface area contributed by atoms with Crippen molar-refractivity contribution in [3.8, 4) is 0 Å². The monoisotopic (exact) mass is 187 g/mol. The van der Waals surface area contributed by atoms with Crippen LogP contribution in [0.4, 0.5) is 0 Å². The first kappa shape index (κ1) is 11.9. The molecule has 0 unspecified atom stereocenters. The number of esters is 1. The molecule has 0 radical (unpaired) electrons. The number of methoxy groups -OCH3 is 1. The minimum absolute atomic E-state index is 0.0274. The number of carbonyl (C=O) groups is 2. The van der Waals surface area contributed by atoms with Crippen LogP contribution in [0.5, 0.6) is 0 Å². The van der Waals surface area contributed by atoms with E-state index in [1.54, 1.807) is 7.05 Å². The van der Waals surface area contributed by atoms with E-state index in [4.69, 9.17) is 0 Å². The predicted octanol–water partition coefficient (Wildman–Crippen LogP) is 0.664. The van der Waals surface area contributed by atoms with E-state index in [0.29, 0.717) is 12.3 Å². The molecule has 13 heavy (non-hydrogen) atoms. The zero-order valence-electron chi connectivity index (χ0n) is 8.66. The molecule has 0 saturated heterocycles. The summed E-state index contributed by atoms with van der Waals surface area (Å²) in [6, 6.07) is 0. The lowest BCUT2D eigenvalue weighted by Crippen LogP contribution is -2.33. The molecule has 76 valence electrons. The highest BCUT2D eigenvalue weighted by molar-refractivity contribution is 5.81. The molecule has 0 aliphatic carbocycles. The summed E-state index contributed by atoms with van der Waals surface area (Å²) in [4.78, 5) is 23.5. The number of ether oxygens (including phenoxy) is 1. The van der Waals surface area contributed by atoms with Gasteiger partial charge in [0.05, 0.1) is 7.11 Å². The Bertz CT molecular complexity index is 189. The Labute approximate surface area is 78.9 Å². The highest BCUT2D eigenvalue weighted by Crippen LogP contribution is 2.02. The molecule has 0 heterocycles. The first-order chi connectivity index (χ1) is 5.97. The van der Waals surface area contributed by atoms with Gasteiger partial charge < -0.3 is 9.64 Å². The van der Waals surface area contributed by atoms with Crippen molar-refractivity contribution in [1.82, 2.24) is 4.90 Å². The molecule has 0 N–H and O–H groups in total. The van der Waals surface area contributed by atoms with Crippen LogP contribution in [0.25, 0.3) is 0 Å². The summed E-state index contributed by atoms with van der Waals surface area (Å²) in [5.74, 6) is -0.104. The van der Waals surface area contributed by atoms with Gasteiger partial charge in [-0.25, -0.2) is 0 Å². The molecule has 4 heteroatoms. The molecule has 0 aliphatic heterocycles. The summed E-state index contributed by atoms with van der Waals surface area (Å²) in [6.45, 7) is 3.95. The second-order valence-corrected chi connectivity index (χ2v) is 3.42. The fraction of sp³-hybridized carbons (Fsp3) is 0.778. The molecule has 0 aromatic rings. The van der Waals surface area contributed by atoms with Crippen LogP contribution in [0, 0.1) is 5.92 Å². The third kappa shape index (κ3) is 5.22. The Kier molecular flexibility index (Phi) is 5.11. The summed E-state index contributed by atoms with van der Waals surface area (Å²) in [5.41, 5.74) is 0. The number of carbonyl (C=O) groups excluding carboxylic acids is 2. The van der Waals surface area contributed by atoms with Gasteiger partial charge in [0, 0.05) is 13.5 Å². The maximum atomic E-state index is 11.3.